The van der Waals surface area contributed by atoms with Gasteiger partial charge in [0.2, 0.25) is 0 Å². The van der Waals surface area contributed by atoms with Crippen molar-refractivity contribution in [2.75, 3.05) is 24.5 Å². The van der Waals surface area contributed by atoms with E-state index in [1.54, 1.807) is 0 Å². The van der Waals surface area contributed by atoms with E-state index in [0.29, 0.717) is 0 Å². The molecule has 1 aromatic rings. The van der Waals surface area contributed by atoms with Crippen LogP contribution in [0.4, 0.5) is 5.69 Å². The Morgan fingerprint density at radius 3 is 2.50 bits per heavy atom. The predicted octanol–water partition coefficient (Wildman–Crippen LogP) is 2.15. The van der Waals surface area contributed by atoms with Gasteiger partial charge in [-0.05, 0) is 43.5 Å². The standard InChI is InChI=1S/C15H24N2O/c1-2-9-16-12-13-3-5-14(6-4-13)17-10-7-15(18)8-11-17/h3-6,15-16,18H,2,7-12H2,1H3. The van der Waals surface area contributed by atoms with Gasteiger partial charge in [0, 0.05) is 25.3 Å². The fraction of sp³-hybridized carbons (Fsp3) is 0.600. The van der Waals surface area contributed by atoms with E-state index in [-0.39, 0.29) is 6.10 Å². The van der Waals surface area contributed by atoms with Crippen LogP contribution in [-0.2, 0) is 6.54 Å². The second-order valence-corrected chi connectivity index (χ2v) is 5.06. The van der Waals surface area contributed by atoms with Crippen molar-refractivity contribution in [2.24, 2.45) is 0 Å². The zero-order valence-corrected chi connectivity index (χ0v) is 11.2. The van der Waals surface area contributed by atoms with Crippen LogP contribution >= 0.6 is 0 Å². The molecule has 2 rings (SSSR count). The fourth-order valence-electron chi connectivity index (χ4n) is 2.36. The highest BCUT2D eigenvalue weighted by atomic mass is 16.3. The largest absolute Gasteiger partial charge is 0.393 e. The minimum Gasteiger partial charge on any atom is -0.393 e. The average Bonchev–Trinajstić information content (AvgIpc) is 2.41. The molecule has 3 heteroatoms. The first kappa shape index (κ1) is 13.4. The maximum Gasteiger partial charge on any atom is 0.0574 e. The Morgan fingerprint density at radius 2 is 1.89 bits per heavy atom. The Labute approximate surface area is 110 Å². The maximum atomic E-state index is 9.50. The molecule has 3 nitrogen and oxygen atoms in total. The molecule has 0 unspecified atom stereocenters. The topological polar surface area (TPSA) is 35.5 Å². The zero-order chi connectivity index (χ0) is 12.8. The van der Waals surface area contributed by atoms with Crippen LogP contribution in [-0.4, -0.2) is 30.8 Å². The molecular weight excluding hydrogens is 224 g/mol. The molecule has 1 fully saturated rings. The molecule has 0 spiro atoms. The molecule has 1 heterocycles. The van der Waals surface area contributed by atoms with Crippen LogP contribution in [0.2, 0.25) is 0 Å². The van der Waals surface area contributed by atoms with Crippen LogP contribution in [0.15, 0.2) is 24.3 Å². The van der Waals surface area contributed by atoms with Gasteiger partial charge in [-0.15, -0.1) is 0 Å². The summed E-state index contributed by atoms with van der Waals surface area (Å²) >= 11 is 0. The number of anilines is 1. The highest BCUT2D eigenvalue weighted by Crippen LogP contribution is 2.20. The van der Waals surface area contributed by atoms with E-state index in [1.807, 2.05) is 0 Å². The van der Waals surface area contributed by atoms with E-state index in [4.69, 9.17) is 0 Å². The highest BCUT2D eigenvalue weighted by Gasteiger charge is 2.16. The summed E-state index contributed by atoms with van der Waals surface area (Å²) in [4.78, 5) is 2.36. The molecule has 0 atom stereocenters. The molecule has 18 heavy (non-hydrogen) atoms. The molecule has 0 radical (unpaired) electrons. The van der Waals surface area contributed by atoms with Gasteiger partial charge in [0.1, 0.15) is 0 Å². The minimum atomic E-state index is -0.0984. The summed E-state index contributed by atoms with van der Waals surface area (Å²) in [6.07, 6.45) is 2.85. The van der Waals surface area contributed by atoms with E-state index in [2.05, 4.69) is 41.4 Å². The first-order valence-corrected chi connectivity index (χ1v) is 7.02. The molecular formula is C15H24N2O. The van der Waals surface area contributed by atoms with Crippen molar-refractivity contribution in [3.63, 3.8) is 0 Å². The van der Waals surface area contributed by atoms with Gasteiger partial charge in [-0.3, -0.25) is 0 Å². The second-order valence-electron chi connectivity index (χ2n) is 5.06. The molecule has 0 aliphatic carbocycles. The van der Waals surface area contributed by atoms with Crippen molar-refractivity contribution in [1.29, 1.82) is 0 Å². The summed E-state index contributed by atoms with van der Waals surface area (Å²) in [7, 11) is 0. The number of hydrogen-bond donors (Lipinski definition) is 2. The average molecular weight is 248 g/mol. The number of aliphatic hydroxyl groups is 1. The molecule has 0 saturated carbocycles. The lowest BCUT2D eigenvalue weighted by Gasteiger charge is -2.31. The van der Waals surface area contributed by atoms with E-state index < -0.39 is 0 Å². The molecule has 0 amide bonds. The first-order chi connectivity index (χ1) is 8.79. The number of hydrogen-bond acceptors (Lipinski definition) is 3. The zero-order valence-electron chi connectivity index (χ0n) is 11.2. The summed E-state index contributed by atoms with van der Waals surface area (Å²) in [5, 5.41) is 12.9. The number of piperidine rings is 1. The van der Waals surface area contributed by atoms with E-state index >= 15 is 0 Å². The SMILES string of the molecule is CCCNCc1ccc(N2CCC(O)CC2)cc1. The number of nitrogens with zero attached hydrogens (tertiary/aromatic N) is 1. The third kappa shape index (κ3) is 3.72. The molecule has 1 saturated heterocycles. The van der Waals surface area contributed by atoms with Crippen molar-refractivity contribution < 1.29 is 5.11 Å². The van der Waals surface area contributed by atoms with E-state index in [9.17, 15) is 5.11 Å². The minimum absolute atomic E-state index is 0.0984. The quantitative estimate of drug-likeness (QED) is 0.784. The predicted molar refractivity (Wildman–Crippen MR) is 75.9 cm³/mol. The van der Waals surface area contributed by atoms with E-state index in [0.717, 1.165) is 39.0 Å². The molecule has 1 aliphatic heterocycles. The number of rotatable bonds is 5. The Kier molecular flexibility index (Phi) is 5.02. The van der Waals surface area contributed by atoms with Crippen LogP contribution in [0.1, 0.15) is 31.7 Å². The summed E-state index contributed by atoms with van der Waals surface area (Å²) in [6, 6.07) is 8.79. The lowest BCUT2D eigenvalue weighted by Crippen LogP contribution is -2.35. The highest BCUT2D eigenvalue weighted by molar-refractivity contribution is 5.48. The van der Waals surface area contributed by atoms with Gasteiger partial charge >= 0.3 is 0 Å². The van der Waals surface area contributed by atoms with Crippen molar-refractivity contribution in [1.82, 2.24) is 5.32 Å². The Bertz CT molecular complexity index is 342. The van der Waals surface area contributed by atoms with Gasteiger partial charge in [-0.2, -0.15) is 0 Å². The van der Waals surface area contributed by atoms with Crippen LogP contribution < -0.4 is 10.2 Å². The van der Waals surface area contributed by atoms with Gasteiger partial charge in [0.15, 0.2) is 0 Å². The molecule has 2 N–H and O–H groups in total. The van der Waals surface area contributed by atoms with Gasteiger partial charge in [0.05, 0.1) is 6.10 Å². The lowest BCUT2D eigenvalue weighted by molar-refractivity contribution is 0.145. The summed E-state index contributed by atoms with van der Waals surface area (Å²) in [5.41, 5.74) is 2.62. The Morgan fingerprint density at radius 1 is 1.22 bits per heavy atom. The van der Waals surface area contributed by atoms with Crippen molar-refractivity contribution >= 4 is 5.69 Å². The Hall–Kier alpha value is -1.06. The van der Waals surface area contributed by atoms with Gasteiger partial charge < -0.3 is 15.3 Å². The van der Waals surface area contributed by atoms with Gasteiger partial charge in [-0.25, -0.2) is 0 Å². The smallest absolute Gasteiger partial charge is 0.0574 e. The molecule has 1 aromatic carbocycles. The number of aliphatic hydroxyl groups excluding tert-OH is 1. The summed E-state index contributed by atoms with van der Waals surface area (Å²) in [5.74, 6) is 0. The molecule has 100 valence electrons. The Balaban J connectivity index is 1.87. The van der Waals surface area contributed by atoms with Crippen molar-refractivity contribution in [3.05, 3.63) is 29.8 Å². The number of nitrogens with one attached hydrogen (secondary N) is 1. The lowest BCUT2D eigenvalue weighted by atomic mass is 10.1. The third-order valence-corrected chi connectivity index (χ3v) is 3.52. The third-order valence-electron chi connectivity index (χ3n) is 3.52. The monoisotopic (exact) mass is 248 g/mol. The van der Waals surface area contributed by atoms with Crippen molar-refractivity contribution in [2.45, 2.75) is 38.8 Å². The summed E-state index contributed by atoms with van der Waals surface area (Å²) < 4.78 is 0. The van der Waals surface area contributed by atoms with E-state index in [1.165, 1.54) is 17.7 Å². The van der Waals surface area contributed by atoms with Crippen molar-refractivity contribution in [3.8, 4) is 0 Å². The fourth-order valence-corrected chi connectivity index (χ4v) is 2.36. The van der Waals surface area contributed by atoms with Crippen LogP contribution in [0.3, 0.4) is 0 Å². The summed E-state index contributed by atoms with van der Waals surface area (Å²) in [6.45, 7) is 6.14. The molecule has 0 aromatic heterocycles. The van der Waals surface area contributed by atoms with Gasteiger partial charge in [0.25, 0.3) is 0 Å². The van der Waals surface area contributed by atoms with Crippen LogP contribution in [0.25, 0.3) is 0 Å². The first-order valence-electron chi connectivity index (χ1n) is 7.02. The molecule has 0 bridgehead atoms. The maximum absolute atomic E-state index is 9.50. The second kappa shape index (κ2) is 6.76. The van der Waals surface area contributed by atoms with Crippen LogP contribution in [0, 0.1) is 0 Å². The van der Waals surface area contributed by atoms with Crippen LogP contribution in [0.5, 0.6) is 0 Å². The normalized spacial score (nSPS) is 17.1. The number of benzene rings is 1. The molecule has 1 aliphatic rings. The van der Waals surface area contributed by atoms with Gasteiger partial charge in [-0.1, -0.05) is 19.1 Å².